The number of aromatic hydroxyl groups is 1. The fraction of sp³-hybridized carbons (Fsp3) is 0.353. The molecule has 1 aromatic carbocycles. The topological polar surface area (TPSA) is 89.5 Å². The zero-order chi connectivity index (χ0) is 15.9. The number of ether oxygens (including phenoxy) is 1. The predicted molar refractivity (Wildman–Crippen MR) is 88.8 cm³/mol. The number of phenolic OH excluding ortho intramolecular Hbond substituents is 1. The number of phenols is 1. The number of hydrogen-bond acceptors (Lipinski definition) is 5. The summed E-state index contributed by atoms with van der Waals surface area (Å²) in [5, 5.41) is 25.2. The van der Waals surface area contributed by atoms with Crippen molar-refractivity contribution >= 4 is 22.8 Å². The Bertz CT molecular complexity index is 615. The molecule has 0 fully saturated rings. The average Bonchev–Trinajstić information content (AvgIpc) is 2.50. The van der Waals surface area contributed by atoms with E-state index in [9.17, 15) is 5.11 Å². The van der Waals surface area contributed by atoms with Crippen molar-refractivity contribution in [3.05, 3.63) is 36.1 Å². The molecular formula is C17H21N3O2. The first-order valence-corrected chi connectivity index (χ1v) is 7.48. The fourth-order valence-electron chi connectivity index (χ4n) is 2.08. The molecule has 0 amide bonds. The highest BCUT2D eigenvalue weighted by molar-refractivity contribution is 6.51. The van der Waals surface area contributed by atoms with Crippen LogP contribution in [-0.4, -0.2) is 28.8 Å². The summed E-state index contributed by atoms with van der Waals surface area (Å²) in [4.78, 5) is 4.40. The van der Waals surface area contributed by atoms with Gasteiger partial charge in [0.25, 0.3) is 0 Å². The van der Waals surface area contributed by atoms with Crippen LogP contribution < -0.4 is 0 Å². The fourth-order valence-corrected chi connectivity index (χ4v) is 2.08. The van der Waals surface area contributed by atoms with E-state index >= 15 is 0 Å². The molecule has 0 saturated carbocycles. The number of benzene rings is 1. The predicted octanol–water partition coefficient (Wildman–Crippen LogP) is 4.00. The Morgan fingerprint density at radius 3 is 2.55 bits per heavy atom. The quantitative estimate of drug-likeness (QED) is 0.693. The number of unbranched alkanes of at least 4 members (excludes halogenated alkanes) is 2. The van der Waals surface area contributed by atoms with E-state index in [2.05, 4.69) is 11.9 Å². The first-order chi connectivity index (χ1) is 10.6. The smallest absolute Gasteiger partial charge is 0.142 e. The van der Waals surface area contributed by atoms with Crippen molar-refractivity contribution in [2.75, 3.05) is 6.61 Å². The maximum atomic E-state index is 9.28. The largest absolute Gasteiger partial charge is 0.508 e. The van der Waals surface area contributed by atoms with Gasteiger partial charge in [0.15, 0.2) is 0 Å². The molecule has 0 radical (unpaired) electrons. The molecule has 1 aliphatic rings. The Hall–Kier alpha value is -2.43. The minimum Gasteiger partial charge on any atom is -0.508 e. The zero-order valence-corrected chi connectivity index (χ0v) is 12.7. The highest BCUT2D eigenvalue weighted by atomic mass is 16.5. The molecule has 3 N–H and O–H groups in total. The third kappa shape index (κ3) is 4.28. The first-order valence-electron chi connectivity index (χ1n) is 7.48. The lowest BCUT2D eigenvalue weighted by Crippen LogP contribution is -2.24. The van der Waals surface area contributed by atoms with Crippen molar-refractivity contribution in [2.24, 2.45) is 4.99 Å². The summed E-state index contributed by atoms with van der Waals surface area (Å²) in [5.74, 6) is 0.685. The molecule has 1 aliphatic carbocycles. The summed E-state index contributed by atoms with van der Waals surface area (Å²) in [5.41, 5.74) is 1.80. The van der Waals surface area contributed by atoms with Gasteiger partial charge in [-0.3, -0.25) is 0 Å². The van der Waals surface area contributed by atoms with Gasteiger partial charge in [0.2, 0.25) is 0 Å². The number of aliphatic imine (C=N–C) groups is 1. The summed E-state index contributed by atoms with van der Waals surface area (Å²) >= 11 is 0. The Balaban J connectivity index is 2.14. The van der Waals surface area contributed by atoms with Crippen LogP contribution in [0.5, 0.6) is 5.75 Å². The Morgan fingerprint density at radius 2 is 1.86 bits per heavy atom. The van der Waals surface area contributed by atoms with Crippen LogP contribution in [0.3, 0.4) is 0 Å². The van der Waals surface area contributed by atoms with Gasteiger partial charge in [0, 0.05) is 12.5 Å². The molecule has 0 aromatic heterocycles. The van der Waals surface area contributed by atoms with Crippen molar-refractivity contribution < 1.29 is 9.84 Å². The van der Waals surface area contributed by atoms with E-state index in [4.69, 9.17) is 15.6 Å². The number of hydrogen-bond donors (Lipinski definition) is 3. The zero-order valence-electron chi connectivity index (χ0n) is 12.7. The van der Waals surface area contributed by atoms with E-state index in [0.717, 1.165) is 19.3 Å². The molecular weight excluding hydrogens is 278 g/mol. The highest BCUT2D eigenvalue weighted by Gasteiger charge is 2.20. The van der Waals surface area contributed by atoms with Crippen molar-refractivity contribution in [3.8, 4) is 5.75 Å². The molecule has 0 heterocycles. The number of nitrogens with one attached hydrogen (secondary N) is 2. The van der Waals surface area contributed by atoms with Gasteiger partial charge in [-0.1, -0.05) is 19.8 Å². The minimum absolute atomic E-state index is 0.180. The second-order valence-corrected chi connectivity index (χ2v) is 5.21. The molecule has 116 valence electrons. The molecule has 0 atom stereocenters. The van der Waals surface area contributed by atoms with Gasteiger partial charge >= 0.3 is 0 Å². The third-order valence-electron chi connectivity index (χ3n) is 3.33. The first kappa shape index (κ1) is 15.9. The normalized spacial score (nSPS) is 16.8. The van der Waals surface area contributed by atoms with Gasteiger partial charge in [-0.05, 0) is 30.7 Å². The maximum absolute atomic E-state index is 9.28. The number of rotatable bonds is 6. The van der Waals surface area contributed by atoms with Crippen LogP contribution in [0.15, 0.2) is 41.1 Å². The van der Waals surface area contributed by atoms with Crippen LogP contribution >= 0.6 is 0 Å². The lowest BCUT2D eigenvalue weighted by atomic mass is 10.00. The summed E-state index contributed by atoms with van der Waals surface area (Å²) < 4.78 is 5.65. The van der Waals surface area contributed by atoms with Crippen LogP contribution in [0.4, 0.5) is 5.69 Å². The molecule has 22 heavy (non-hydrogen) atoms. The molecule has 0 saturated heterocycles. The van der Waals surface area contributed by atoms with Crippen LogP contribution in [0.1, 0.15) is 32.6 Å². The van der Waals surface area contributed by atoms with E-state index in [1.165, 1.54) is 0 Å². The van der Waals surface area contributed by atoms with Crippen LogP contribution in [-0.2, 0) is 4.74 Å². The maximum Gasteiger partial charge on any atom is 0.142 e. The molecule has 0 spiro atoms. The van der Waals surface area contributed by atoms with Crippen molar-refractivity contribution in [1.29, 1.82) is 10.8 Å². The summed E-state index contributed by atoms with van der Waals surface area (Å²) in [6.07, 6.45) is 5.08. The van der Waals surface area contributed by atoms with E-state index < -0.39 is 0 Å². The summed E-state index contributed by atoms with van der Waals surface area (Å²) in [6.45, 7) is 2.72. The monoisotopic (exact) mass is 299 g/mol. The van der Waals surface area contributed by atoms with Gasteiger partial charge in [-0.25, -0.2) is 4.99 Å². The van der Waals surface area contributed by atoms with E-state index in [0.29, 0.717) is 35.2 Å². The SMILES string of the molecule is CCCCCOC1=CC(=Nc2ccc(O)cc2)C(=N)CC1=N. The second-order valence-electron chi connectivity index (χ2n) is 5.21. The van der Waals surface area contributed by atoms with Crippen LogP contribution in [0.25, 0.3) is 0 Å². The molecule has 2 rings (SSSR count). The van der Waals surface area contributed by atoms with Crippen molar-refractivity contribution in [1.82, 2.24) is 0 Å². The highest BCUT2D eigenvalue weighted by Crippen LogP contribution is 2.20. The Kier molecular flexibility index (Phi) is 5.47. The lowest BCUT2D eigenvalue weighted by molar-refractivity contribution is 0.223. The average molecular weight is 299 g/mol. The number of allylic oxidation sites excluding steroid dienone is 2. The van der Waals surface area contributed by atoms with Gasteiger partial charge in [0.1, 0.15) is 11.5 Å². The van der Waals surface area contributed by atoms with Gasteiger partial charge in [0.05, 0.1) is 29.4 Å². The standard InChI is InChI=1S/C17H21N3O2/c1-2-3-4-9-22-17-11-16(14(18)10-15(17)19)20-12-5-7-13(21)8-6-12/h5-8,11,18-19,21H,2-4,9-10H2,1H3. The van der Waals surface area contributed by atoms with Crippen molar-refractivity contribution in [2.45, 2.75) is 32.6 Å². The minimum atomic E-state index is 0.180. The Morgan fingerprint density at radius 1 is 1.14 bits per heavy atom. The summed E-state index contributed by atoms with van der Waals surface area (Å²) in [6, 6.07) is 6.48. The molecule has 0 aliphatic heterocycles. The number of nitrogens with zero attached hydrogens (tertiary/aromatic N) is 1. The third-order valence-corrected chi connectivity index (χ3v) is 3.33. The molecule has 5 heteroatoms. The van der Waals surface area contributed by atoms with Gasteiger partial charge in [-0.2, -0.15) is 0 Å². The van der Waals surface area contributed by atoms with E-state index in [1.54, 1.807) is 30.3 Å². The van der Waals surface area contributed by atoms with E-state index in [-0.39, 0.29) is 12.2 Å². The summed E-state index contributed by atoms with van der Waals surface area (Å²) in [7, 11) is 0. The van der Waals surface area contributed by atoms with E-state index in [1.807, 2.05) is 0 Å². The van der Waals surface area contributed by atoms with Gasteiger partial charge < -0.3 is 20.7 Å². The Labute approximate surface area is 130 Å². The van der Waals surface area contributed by atoms with Crippen LogP contribution in [0.2, 0.25) is 0 Å². The molecule has 0 bridgehead atoms. The second kappa shape index (κ2) is 7.54. The molecule has 0 unspecified atom stereocenters. The van der Waals surface area contributed by atoms with Crippen LogP contribution in [0, 0.1) is 10.8 Å². The molecule has 5 nitrogen and oxygen atoms in total. The van der Waals surface area contributed by atoms with Crippen molar-refractivity contribution in [3.63, 3.8) is 0 Å². The molecule has 1 aromatic rings. The lowest BCUT2D eigenvalue weighted by Gasteiger charge is -2.17. The van der Waals surface area contributed by atoms with Gasteiger partial charge in [-0.15, -0.1) is 0 Å².